The zero-order valence-corrected chi connectivity index (χ0v) is 11.9. The molecule has 0 aliphatic rings. The van der Waals surface area contributed by atoms with Crippen molar-refractivity contribution < 1.29 is 14.8 Å². The lowest BCUT2D eigenvalue weighted by Crippen LogP contribution is -2.12. The van der Waals surface area contributed by atoms with E-state index >= 15 is 0 Å². The highest BCUT2D eigenvalue weighted by atomic mass is 16.6. The summed E-state index contributed by atoms with van der Waals surface area (Å²) in [5.74, 6) is -0.335. The third-order valence-corrected chi connectivity index (χ3v) is 3.47. The smallest absolute Gasteiger partial charge is 0.270 e. The molecule has 0 radical (unpaired) electrons. The number of carbonyl (C=O) groups is 1. The van der Waals surface area contributed by atoms with Crippen molar-refractivity contribution in [1.82, 2.24) is 0 Å². The Kier molecular flexibility index (Phi) is 3.64. The van der Waals surface area contributed by atoms with E-state index in [9.17, 15) is 20.0 Å². The van der Waals surface area contributed by atoms with E-state index in [2.05, 4.69) is 5.32 Å². The van der Waals surface area contributed by atoms with Gasteiger partial charge in [-0.05, 0) is 18.2 Å². The minimum atomic E-state index is -0.549. The molecule has 0 unspecified atom stereocenters. The van der Waals surface area contributed by atoms with Gasteiger partial charge in [-0.25, -0.2) is 0 Å². The first-order chi connectivity index (χ1) is 11.1. The van der Waals surface area contributed by atoms with Crippen LogP contribution in [0.4, 0.5) is 11.4 Å². The molecule has 1 amide bonds. The molecule has 0 heterocycles. The van der Waals surface area contributed by atoms with Crippen LogP contribution in [0.2, 0.25) is 0 Å². The third-order valence-electron chi connectivity index (χ3n) is 3.47. The van der Waals surface area contributed by atoms with E-state index in [1.54, 1.807) is 36.4 Å². The number of nitro groups is 1. The summed E-state index contributed by atoms with van der Waals surface area (Å²) in [6.45, 7) is 0. The van der Waals surface area contributed by atoms with Gasteiger partial charge in [0.2, 0.25) is 0 Å². The molecule has 2 N–H and O–H groups in total. The Hall–Kier alpha value is -3.41. The molecule has 0 saturated heterocycles. The van der Waals surface area contributed by atoms with Crippen molar-refractivity contribution in [2.24, 2.45) is 0 Å². The minimum Gasteiger partial charge on any atom is -0.507 e. The minimum absolute atomic E-state index is 0.119. The number of rotatable bonds is 3. The number of anilines is 1. The molecule has 3 aromatic rings. The Bertz CT molecular complexity index is 921. The highest BCUT2D eigenvalue weighted by Gasteiger charge is 2.13. The summed E-state index contributed by atoms with van der Waals surface area (Å²) >= 11 is 0. The number of phenolic OH excluding ortho intramolecular Hbond substituents is 1. The molecule has 114 valence electrons. The molecule has 0 fully saturated rings. The molecule has 0 bridgehead atoms. The number of hydrogen-bond donors (Lipinski definition) is 2. The fourth-order valence-corrected chi connectivity index (χ4v) is 2.36. The van der Waals surface area contributed by atoms with Crippen LogP contribution < -0.4 is 5.32 Å². The summed E-state index contributed by atoms with van der Waals surface area (Å²) in [6.07, 6.45) is 0. The maximum absolute atomic E-state index is 12.3. The number of aromatic hydroxyl groups is 1. The van der Waals surface area contributed by atoms with Crippen molar-refractivity contribution in [2.45, 2.75) is 0 Å². The average Bonchev–Trinajstić information content (AvgIpc) is 2.56. The summed E-state index contributed by atoms with van der Waals surface area (Å²) in [6, 6.07) is 15.7. The van der Waals surface area contributed by atoms with E-state index in [1.165, 1.54) is 24.3 Å². The fraction of sp³-hybridized carbons (Fsp3) is 0. The second-order valence-corrected chi connectivity index (χ2v) is 4.94. The molecule has 0 atom stereocenters. The average molecular weight is 308 g/mol. The van der Waals surface area contributed by atoms with E-state index < -0.39 is 10.8 Å². The van der Waals surface area contributed by atoms with Gasteiger partial charge in [0.25, 0.3) is 11.6 Å². The predicted molar refractivity (Wildman–Crippen MR) is 86.7 cm³/mol. The third kappa shape index (κ3) is 2.82. The van der Waals surface area contributed by atoms with Crippen molar-refractivity contribution in [2.75, 3.05) is 5.32 Å². The molecular formula is C17H12N2O4. The first-order valence-corrected chi connectivity index (χ1v) is 6.83. The summed E-state index contributed by atoms with van der Waals surface area (Å²) < 4.78 is 0. The van der Waals surface area contributed by atoms with Gasteiger partial charge in [-0.15, -0.1) is 0 Å². The Morgan fingerprint density at radius 3 is 2.48 bits per heavy atom. The largest absolute Gasteiger partial charge is 0.507 e. The monoisotopic (exact) mass is 308 g/mol. The lowest BCUT2D eigenvalue weighted by atomic mass is 10.1. The van der Waals surface area contributed by atoms with E-state index in [0.29, 0.717) is 16.5 Å². The molecule has 0 aliphatic heterocycles. The summed E-state index contributed by atoms with van der Waals surface area (Å²) in [5, 5.41) is 24.7. The van der Waals surface area contributed by atoms with Crippen LogP contribution in [-0.2, 0) is 0 Å². The second-order valence-electron chi connectivity index (χ2n) is 4.94. The van der Waals surface area contributed by atoms with E-state index in [4.69, 9.17) is 0 Å². The first-order valence-electron chi connectivity index (χ1n) is 6.83. The van der Waals surface area contributed by atoms with Crippen LogP contribution in [0.1, 0.15) is 10.4 Å². The quantitative estimate of drug-likeness (QED) is 0.570. The van der Waals surface area contributed by atoms with Crippen molar-refractivity contribution in [3.8, 4) is 5.75 Å². The van der Waals surface area contributed by atoms with Crippen molar-refractivity contribution in [3.05, 3.63) is 76.3 Å². The first kappa shape index (κ1) is 14.5. The van der Waals surface area contributed by atoms with Crippen LogP contribution in [0.5, 0.6) is 5.75 Å². The molecule has 0 aromatic heterocycles. The SMILES string of the molecule is O=C(Nc1cccc2c(O)cccc12)c1cccc([N+](=O)[O-])c1. The van der Waals surface area contributed by atoms with Gasteiger partial charge in [0.1, 0.15) is 5.75 Å². The number of nitrogens with one attached hydrogen (secondary N) is 1. The lowest BCUT2D eigenvalue weighted by molar-refractivity contribution is -0.384. The van der Waals surface area contributed by atoms with Gasteiger partial charge >= 0.3 is 0 Å². The van der Waals surface area contributed by atoms with Crippen molar-refractivity contribution in [1.29, 1.82) is 0 Å². The van der Waals surface area contributed by atoms with Gasteiger partial charge in [-0.2, -0.15) is 0 Å². The number of nitro benzene ring substituents is 1. The molecule has 23 heavy (non-hydrogen) atoms. The van der Waals surface area contributed by atoms with Crippen LogP contribution >= 0.6 is 0 Å². The Morgan fingerprint density at radius 1 is 1.00 bits per heavy atom. The zero-order chi connectivity index (χ0) is 16.4. The molecule has 0 saturated carbocycles. The summed E-state index contributed by atoms with van der Waals surface area (Å²) in [5.41, 5.74) is 0.569. The van der Waals surface area contributed by atoms with Gasteiger partial charge in [-0.1, -0.05) is 30.3 Å². The Balaban J connectivity index is 1.96. The molecule has 6 heteroatoms. The number of phenols is 1. The predicted octanol–water partition coefficient (Wildman–Crippen LogP) is 3.71. The molecule has 0 spiro atoms. The second kappa shape index (κ2) is 5.76. The molecule has 3 aromatic carbocycles. The number of non-ortho nitro benzene ring substituents is 1. The highest BCUT2D eigenvalue weighted by molar-refractivity contribution is 6.10. The Labute approximate surface area is 131 Å². The van der Waals surface area contributed by atoms with E-state index in [-0.39, 0.29) is 17.0 Å². The van der Waals surface area contributed by atoms with Crippen LogP contribution in [0, 0.1) is 10.1 Å². The topological polar surface area (TPSA) is 92.5 Å². The van der Waals surface area contributed by atoms with Gasteiger partial charge in [-0.3, -0.25) is 14.9 Å². The number of nitrogens with zero attached hydrogens (tertiary/aromatic N) is 1. The summed E-state index contributed by atoms with van der Waals surface area (Å²) in [4.78, 5) is 22.6. The molecular weight excluding hydrogens is 296 g/mol. The van der Waals surface area contributed by atoms with Crippen LogP contribution in [0.3, 0.4) is 0 Å². The van der Waals surface area contributed by atoms with E-state index in [0.717, 1.165) is 0 Å². The van der Waals surface area contributed by atoms with Crippen LogP contribution in [-0.4, -0.2) is 15.9 Å². The van der Waals surface area contributed by atoms with Gasteiger partial charge < -0.3 is 10.4 Å². The van der Waals surface area contributed by atoms with Gasteiger partial charge in [0.05, 0.1) is 4.92 Å². The normalized spacial score (nSPS) is 10.4. The number of carbonyl (C=O) groups excluding carboxylic acids is 1. The van der Waals surface area contributed by atoms with Gasteiger partial charge in [0, 0.05) is 34.2 Å². The Morgan fingerprint density at radius 2 is 1.70 bits per heavy atom. The summed E-state index contributed by atoms with van der Waals surface area (Å²) in [7, 11) is 0. The number of amides is 1. The zero-order valence-electron chi connectivity index (χ0n) is 11.9. The lowest BCUT2D eigenvalue weighted by Gasteiger charge is -2.09. The van der Waals surface area contributed by atoms with E-state index in [1.807, 2.05) is 0 Å². The fourth-order valence-electron chi connectivity index (χ4n) is 2.36. The standard InChI is InChI=1S/C17H12N2O4/c20-16-9-3-6-13-14(16)7-2-8-15(13)18-17(21)11-4-1-5-12(10-11)19(22)23/h1-10,20H,(H,18,21). The molecule has 0 aliphatic carbocycles. The maximum Gasteiger partial charge on any atom is 0.270 e. The number of benzene rings is 3. The van der Waals surface area contributed by atoms with Crippen molar-refractivity contribution in [3.63, 3.8) is 0 Å². The van der Waals surface area contributed by atoms with Crippen LogP contribution in [0.25, 0.3) is 10.8 Å². The highest BCUT2D eigenvalue weighted by Crippen LogP contribution is 2.30. The molecule has 6 nitrogen and oxygen atoms in total. The number of hydrogen-bond acceptors (Lipinski definition) is 4. The van der Waals surface area contributed by atoms with Gasteiger partial charge in [0.15, 0.2) is 0 Å². The maximum atomic E-state index is 12.3. The molecule has 3 rings (SSSR count). The number of fused-ring (bicyclic) bond motifs is 1. The van der Waals surface area contributed by atoms with Crippen LogP contribution in [0.15, 0.2) is 60.7 Å². The van der Waals surface area contributed by atoms with Crippen molar-refractivity contribution >= 4 is 28.1 Å².